The van der Waals surface area contributed by atoms with Crippen LogP contribution in [0.4, 0.5) is 0 Å². The highest BCUT2D eigenvalue weighted by atomic mass is 16.2. The molecule has 0 saturated carbocycles. The van der Waals surface area contributed by atoms with Crippen molar-refractivity contribution in [2.45, 2.75) is 6.04 Å². The second kappa shape index (κ2) is 8.42. The first-order valence-corrected chi connectivity index (χ1v) is 8.87. The lowest BCUT2D eigenvalue weighted by atomic mass is 10.1. The van der Waals surface area contributed by atoms with Gasteiger partial charge in [0.2, 0.25) is 5.91 Å². The second-order valence-corrected chi connectivity index (χ2v) is 6.71. The molecule has 5 nitrogen and oxygen atoms in total. The van der Waals surface area contributed by atoms with E-state index in [2.05, 4.69) is 58.6 Å². The number of benzene rings is 1. The van der Waals surface area contributed by atoms with Crippen molar-refractivity contribution in [2.75, 3.05) is 59.4 Å². The maximum atomic E-state index is 12.7. The van der Waals surface area contributed by atoms with Crippen molar-refractivity contribution in [2.24, 2.45) is 0 Å². The normalized spacial score (nSPS) is 23.7. The van der Waals surface area contributed by atoms with E-state index in [0.29, 0.717) is 0 Å². The van der Waals surface area contributed by atoms with Crippen LogP contribution in [-0.2, 0) is 4.79 Å². The van der Waals surface area contributed by atoms with Gasteiger partial charge in [0.15, 0.2) is 0 Å². The number of nitrogens with one attached hydrogen (secondary N) is 1. The average Bonchev–Trinajstić information content (AvgIpc) is 2.63. The molecule has 130 valence electrons. The first-order valence-electron chi connectivity index (χ1n) is 8.87. The number of carbonyl (C=O) groups excluding carboxylic acids is 1. The minimum Gasteiger partial charge on any atom is -0.339 e. The Morgan fingerprint density at radius 2 is 1.92 bits per heavy atom. The summed E-state index contributed by atoms with van der Waals surface area (Å²) in [6.07, 6.45) is 4.34. The van der Waals surface area contributed by atoms with Gasteiger partial charge in [0, 0.05) is 52.4 Å². The van der Waals surface area contributed by atoms with E-state index in [1.165, 1.54) is 5.56 Å². The Labute approximate surface area is 144 Å². The summed E-state index contributed by atoms with van der Waals surface area (Å²) in [6.45, 7) is 7.20. The van der Waals surface area contributed by atoms with Gasteiger partial charge in [0.25, 0.3) is 0 Å². The van der Waals surface area contributed by atoms with Gasteiger partial charge in [-0.2, -0.15) is 0 Å². The molecule has 0 radical (unpaired) electrons. The monoisotopic (exact) mass is 328 g/mol. The van der Waals surface area contributed by atoms with Crippen molar-refractivity contribution in [1.82, 2.24) is 20.0 Å². The summed E-state index contributed by atoms with van der Waals surface area (Å²) < 4.78 is 0. The Morgan fingerprint density at radius 1 is 1.17 bits per heavy atom. The Hall–Kier alpha value is -1.69. The molecule has 1 atom stereocenters. The Balaban J connectivity index is 1.49. The number of hydrogen-bond acceptors (Lipinski definition) is 4. The van der Waals surface area contributed by atoms with Crippen LogP contribution in [0.15, 0.2) is 36.4 Å². The molecule has 2 heterocycles. The first-order chi connectivity index (χ1) is 11.7. The summed E-state index contributed by atoms with van der Waals surface area (Å²) in [4.78, 5) is 19.3. The molecule has 3 rings (SSSR count). The molecule has 0 aromatic heterocycles. The Morgan fingerprint density at radius 3 is 2.67 bits per heavy atom. The molecule has 0 bridgehead atoms. The highest BCUT2D eigenvalue weighted by Crippen LogP contribution is 2.07. The largest absolute Gasteiger partial charge is 0.339 e. The number of piperazine rings is 2. The van der Waals surface area contributed by atoms with Crippen molar-refractivity contribution in [3.63, 3.8) is 0 Å². The molecule has 24 heavy (non-hydrogen) atoms. The van der Waals surface area contributed by atoms with E-state index in [0.717, 1.165) is 52.4 Å². The van der Waals surface area contributed by atoms with Crippen LogP contribution in [-0.4, -0.2) is 86.1 Å². The zero-order valence-electron chi connectivity index (χ0n) is 14.5. The molecule has 2 saturated heterocycles. The minimum absolute atomic E-state index is 0.0627. The van der Waals surface area contributed by atoms with Gasteiger partial charge in [-0.05, 0) is 12.6 Å². The van der Waals surface area contributed by atoms with Crippen LogP contribution in [0.1, 0.15) is 5.56 Å². The van der Waals surface area contributed by atoms with Crippen LogP contribution in [0.25, 0.3) is 6.08 Å². The van der Waals surface area contributed by atoms with E-state index in [1.54, 1.807) is 0 Å². The smallest absolute Gasteiger partial charge is 0.241 e. The molecule has 1 aromatic rings. The third kappa shape index (κ3) is 4.66. The van der Waals surface area contributed by atoms with Gasteiger partial charge in [0.05, 0.1) is 6.04 Å². The number of nitrogens with zero attached hydrogens (tertiary/aromatic N) is 3. The van der Waals surface area contributed by atoms with E-state index in [9.17, 15) is 4.79 Å². The van der Waals surface area contributed by atoms with Gasteiger partial charge >= 0.3 is 0 Å². The van der Waals surface area contributed by atoms with Gasteiger partial charge in [-0.25, -0.2) is 0 Å². The van der Waals surface area contributed by atoms with Crippen LogP contribution in [0.2, 0.25) is 0 Å². The molecule has 0 unspecified atom stereocenters. The van der Waals surface area contributed by atoms with Crippen LogP contribution in [0.5, 0.6) is 0 Å². The molecule has 1 N–H and O–H groups in total. The topological polar surface area (TPSA) is 38.8 Å². The number of hydrogen-bond donors (Lipinski definition) is 1. The lowest BCUT2D eigenvalue weighted by Crippen LogP contribution is -2.60. The van der Waals surface area contributed by atoms with Crippen molar-refractivity contribution in [1.29, 1.82) is 0 Å². The van der Waals surface area contributed by atoms with Crippen molar-refractivity contribution in [3.8, 4) is 0 Å². The van der Waals surface area contributed by atoms with Gasteiger partial charge in [-0.3, -0.25) is 9.69 Å². The van der Waals surface area contributed by atoms with E-state index < -0.39 is 0 Å². The molecule has 5 heteroatoms. The maximum absolute atomic E-state index is 12.7. The predicted molar refractivity (Wildman–Crippen MR) is 97.8 cm³/mol. The van der Waals surface area contributed by atoms with Gasteiger partial charge in [-0.15, -0.1) is 0 Å². The molecular weight excluding hydrogens is 300 g/mol. The SMILES string of the molecule is CN1CCN(C(=O)[C@@H]2CN(C/C=C/c3ccccc3)CCN2)CC1. The molecule has 0 aliphatic carbocycles. The number of rotatable bonds is 4. The highest BCUT2D eigenvalue weighted by Gasteiger charge is 2.29. The van der Waals surface area contributed by atoms with Gasteiger partial charge in [-0.1, -0.05) is 42.5 Å². The Bertz CT molecular complexity index is 552. The highest BCUT2D eigenvalue weighted by molar-refractivity contribution is 5.82. The van der Waals surface area contributed by atoms with Crippen molar-refractivity contribution in [3.05, 3.63) is 42.0 Å². The van der Waals surface area contributed by atoms with E-state index in [4.69, 9.17) is 0 Å². The second-order valence-electron chi connectivity index (χ2n) is 6.71. The average molecular weight is 328 g/mol. The molecule has 2 fully saturated rings. The van der Waals surface area contributed by atoms with Crippen LogP contribution >= 0.6 is 0 Å². The van der Waals surface area contributed by atoms with E-state index in [-0.39, 0.29) is 11.9 Å². The van der Waals surface area contributed by atoms with Crippen LogP contribution < -0.4 is 5.32 Å². The van der Waals surface area contributed by atoms with E-state index in [1.807, 2.05) is 11.0 Å². The summed E-state index contributed by atoms with van der Waals surface area (Å²) in [5, 5.41) is 3.39. The summed E-state index contributed by atoms with van der Waals surface area (Å²) in [7, 11) is 2.11. The summed E-state index contributed by atoms with van der Waals surface area (Å²) in [6, 6.07) is 10.3. The third-order valence-corrected chi connectivity index (χ3v) is 4.85. The molecular formula is C19H28N4O. The number of amides is 1. The third-order valence-electron chi connectivity index (χ3n) is 4.85. The molecule has 2 aliphatic heterocycles. The predicted octanol–water partition coefficient (Wildman–Crippen LogP) is 0.748. The standard InChI is InChI=1S/C19H28N4O/c1-21-12-14-23(15-13-21)19(24)18-16-22(11-9-20-18)10-5-8-17-6-3-2-4-7-17/h2-8,18,20H,9-16H2,1H3/b8-5+/t18-/m0/s1. The fourth-order valence-electron chi connectivity index (χ4n) is 3.29. The molecule has 1 amide bonds. The Kier molecular flexibility index (Phi) is 6.01. The van der Waals surface area contributed by atoms with Gasteiger partial charge < -0.3 is 15.1 Å². The fraction of sp³-hybridized carbons (Fsp3) is 0.526. The summed E-state index contributed by atoms with van der Waals surface area (Å²) >= 11 is 0. The first kappa shape index (κ1) is 17.1. The van der Waals surface area contributed by atoms with Crippen molar-refractivity contribution >= 4 is 12.0 Å². The number of likely N-dealkylation sites (N-methyl/N-ethyl adjacent to an activating group) is 1. The fourth-order valence-corrected chi connectivity index (χ4v) is 3.29. The lowest BCUT2D eigenvalue weighted by molar-refractivity contribution is -0.136. The molecule has 1 aromatic carbocycles. The van der Waals surface area contributed by atoms with Gasteiger partial charge in [0.1, 0.15) is 0 Å². The van der Waals surface area contributed by atoms with Crippen LogP contribution in [0, 0.1) is 0 Å². The van der Waals surface area contributed by atoms with Crippen LogP contribution in [0.3, 0.4) is 0 Å². The lowest BCUT2D eigenvalue weighted by Gasteiger charge is -2.38. The quantitative estimate of drug-likeness (QED) is 0.885. The maximum Gasteiger partial charge on any atom is 0.241 e. The minimum atomic E-state index is -0.0627. The number of carbonyl (C=O) groups is 1. The molecule has 0 spiro atoms. The van der Waals surface area contributed by atoms with E-state index >= 15 is 0 Å². The molecule has 2 aliphatic rings. The summed E-state index contributed by atoms with van der Waals surface area (Å²) in [5.74, 6) is 0.264. The zero-order chi connectivity index (χ0) is 16.8. The summed E-state index contributed by atoms with van der Waals surface area (Å²) in [5.41, 5.74) is 1.22. The van der Waals surface area contributed by atoms with Crippen molar-refractivity contribution < 1.29 is 4.79 Å². The zero-order valence-corrected chi connectivity index (χ0v) is 14.5.